The predicted molar refractivity (Wildman–Crippen MR) is 67.4 cm³/mol. The van der Waals surface area contributed by atoms with Crippen LogP contribution in [0, 0.1) is 6.92 Å². The highest BCUT2D eigenvalue weighted by Gasteiger charge is 2.15. The average Bonchev–Trinajstić information content (AvgIpc) is 2.61. The molecule has 1 aromatic carbocycles. The van der Waals surface area contributed by atoms with Gasteiger partial charge >= 0.3 is 0 Å². The van der Waals surface area contributed by atoms with E-state index in [4.69, 9.17) is 11.5 Å². The molecule has 4 heteroatoms. The second kappa shape index (κ2) is 3.98. The fourth-order valence-electron chi connectivity index (χ4n) is 1.57. The third-order valence-corrected chi connectivity index (χ3v) is 3.24. The quantitative estimate of drug-likeness (QED) is 0.834. The zero-order valence-electron chi connectivity index (χ0n) is 8.86. The number of benzene rings is 1. The summed E-state index contributed by atoms with van der Waals surface area (Å²) in [5.41, 5.74) is 14.4. The molecule has 1 amide bonds. The molecule has 3 nitrogen and oxygen atoms in total. The van der Waals surface area contributed by atoms with Crippen LogP contribution in [0.2, 0.25) is 0 Å². The summed E-state index contributed by atoms with van der Waals surface area (Å²) < 4.78 is 0. The summed E-state index contributed by atoms with van der Waals surface area (Å²) in [6.45, 7) is 2.01. The van der Waals surface area contributed by atoms with E-state index in [0.29, 0.717) is 10.6 Å². The van der Waals surface area contributed by atoms with Crippen LogP contribution in [-0.4, -0.2) is 5.91 Å². The van der Waals surface area contributed by atoms with Crippen LogP contribution in [0.3, 0.4) is 0 Å². The van der Waals surface area contributed by atoms with Gasteiger partial charge in [-0.2, -0.15) is 0 Å². The summed E-state index contributed by atoms with van der Waals surface area (Å²) in [6, 6.07) is 7.91. The van der Waals surface area contributed by atoms with Crippen LogP contribution in [0.15, 0.2) is 29.6 Å². The average molecular weight is 232 g/mol. The van der Waals surface area contributed by atoms with Crippen molar-refractivity contribution in [1.29, 1.82) is 0 Å². The Morgan fingerprint density at radius 1 is 1.25 bits per heavy atom. The summed E-state index contributed by atoms with van der Waals surface area (Å²) in [5.74, 6) is -0.477. The van der Waals surface area contributed by atoms with Crippen molar-refractivity contribution < 1.29 is 4.79 Å². The summed E-state index contributed by atoms with van der Waals surface area (Å²) >= 11 is 1.34. The van der Waals surface area contributed by atoms with Crippen molar-refractivity contribution in [3.63, 3.8) is 0 Å². The van der Waals surface area contributed by atoms with Gasteiger partial charge in [0, 0.05) is 10.9 Å². The van der Waals surface area contributed by atoms with Crippen molar-refractivity contribution in [2.45, 2.75) is 6.92 Å². The number of primary amides is 1. The maximum Gasteiger partial charge on any atom is 0.252 e. The van der Waals surface area contributed by atoms with Gasteiger partial charge in [0.25, 0.3) is 5.91 Å². The molecular formula is C12H12N2OS. The van der Waals surface area contributed by atoms with Crippen molar-refractivity contribution in [3.8, 4) is 11.1 Å². The number of carbonyl (C=O) groups excluding carboxylic acids is 1. The largest absolute Gasteiger partial charge is 0.390 e. The number of hydrogen-bond donors (Lipinski definition) is 2. The van der Waals surface area contributed by atoms with Crippen LogP contribution >= 0.6 is 11.3 Å². The molecule has 0 radical (unpaired) electrons. The van der Waals surface area contributed by atoms with Crippen LogP contribution in [0.1, 0.15) is 15.9 Å². The number of carbonyl (C=O) groups is 1. The summed E-state index contributed by atoms with van der Waals surface area (Å²) in [7, 11) is 0. The molecule has 0 atom stereocenters. The Morgan fingerprint density at radius 2 is 1.88 bits per heavy atom. The minimum absolute atomic E-state index is 0.425. The van der Waals surface area contributed by atoms with Gasteiger partial charge in [-0.1, -0.05) is 29.8 Å². The van der Waals surface area contributed by atoms with E-state index in [1.165, 1.54) is 16.9 Å². The van der Waals surface area contributed by atoms with Crippen molar-refractivity contribution in [2.24, 2.45) is 5.73 Å². The molecule has 0 aliphatic carbocycles. The molecule has 2 rings (SSSR count). The summed E-state index contributed by atoms with van der Waals surface area (Å²) in [6.07, 6.45) is 0. The first-order valence-electron chi connectivity index (χ1n) is 4.83. The van der Waals surface area contributed by atoms with Gasteiger partial charge in [0.1, 0.15) is 0 Å². The van der Waals surface area contributed by atoms with Gasteiger partial charge in [0.15, 0.2) is 0 Å². The van der Waals surface area contributed by atoms with Crippen LogP contribution in [0.25, 0.3) is 11.1 Å². The Morgan fingerprint density at radius 3 is 2.44 bits per heavy atom. The van der Waals surface area contributed by atoms with Crippen molar-refractivity contribution in [2.75, 3.05) is 5.73 Å². The Bertz CT molecular complexity index is 528. The van der Waals surface area contributed by atoms with E-state index < -0.39 is 5.91 Å². The number of thiophene rings is 1. The number of hydrogen-bond acceptors (Lipinski definition) is 3. The molecule has 0 saturated heterocycles. The molecule has 82 valence electrons. The van der Waals surface area contributed by atoms with Crippen LogP contribution < -0.4 is 11.5 Å². The molecule has 16 heavy (non-hydrogen) atoms. The maximum atomic E-state index is 11.3. The highest BCUT2D eigenvalue weighted by molar-refractivity contribution is 7.15. The Kier molecular flexibility index (Phi) is 2.66. The Balaban J connectivity index is 2.56. The summed E-state index contributed by atoms with van der Waals surface area (Å²) in [4.78, 5) is 11.3. The number of rotatable bonds is 2. The molecule has 4 N–H and O–H groups in total. The number of aryl methyl sites for hydroxylation is 1. The van der Waals surface area contributed by atoms with Gasteiger partial charge < -0.3 is 11.5 Å². The number of nitrogens with two attached hydrogens (primary N) is 2. The topological polar surface area (TPSA) is 69.1 Å². The molecule has 0 aliphatic rings. The monoisotopic (exact) mass is 232 g/mol. The van der Waals surface area contributed by atoms with Crippen molar-refractivity contribution in [1.82, 2.24) is 0 Å². The zero-order valence-corrected chi connectivity index (χ0v) is 9.67. The number of nitrogen functional groups attached to an aromatic ring is 1. The molecule has 1 aromatic heterocycles. The summed E-state index contributed by atoms with van der Waals surface area (Å²) in [5, 5.41) is 2.34. The highest BCUT2D eigenvalue weighted by atomic mass is 32.1. The second-order valence-electron chi connectivity index (χ2n) is 3.62. The van der Waals surface area contributed by atoms with E-state index in [9.17, 15) is 4.79 Å². The van der Waals surface area contributed by atoms with E-state index >= 15 is 0 Å². The lowest BCUT2D eigenvalue weighted by atomic mass is 10.0. The van der Waals surface area contributed by atoms with Gasteiger partial charge in [-0.15, -0.1) is 11.3 Å². The van der Waals surface area contributed by atoms with Gasteiger partial charge in [0.05, 0.1) is 10.6 Å². The van der Waals surface area contributed by atoms with Crippen molar-refractivity contribution >= 4 is 22.2 Å². The van der Waals surface area contributed by atoms with E-state index in [0.717, 1.165) is 11.1 Å². The van der Waals surface area contributed by atoms with Crippen LogP contribution in [0.4, 0.5) is 5.00 Å². The Hall–Kier alpha value is -1.81. The number of anilines is 1. The molecule has 0 bridgehead atoms. The molecule has 0 spiro atoms. The van der Waals surface area contributed by atoms with Crippen LogP contribution in [-0.2, 0) is 0 Å². The molecule has 0 unspecified atom stereocenters. The standard InChI is InChI=1S/C12H12N2OS/c1-7-2-4-8(5-3-7)9-6-16-12(14)10(9)11(13)15/h2-6H,14H2,1H3,(H2,13,15). The predicted octanol–water partition coefficient (Wildman–Crippen LogP) is 2.40. The smallest absolute Gasteiger partial charge is 0.252 e. The van der Waals surface area contributed by atoms with Gasteiger partial charge in [-0.3, -0.25) is 4.79 Å². The van der Waals surface area contributed by atoms with Gasteiger partial charge in [0.2, 0.25) is 0 Å². The van der Waals surface area contributed by atoms with Gasteiger partial charge in [-0.05, 0) is 12.5 Å². The molecule has 0 aliphatic heterocycles. The van der Waals surface area contributed by atoms with E-state index in [1.807, 2.05) is 36.6 Å². The minimum atomic E-state index is -0.477. The van der Waals surface area contributed by atoms with Crippen LogP contribution in [0.5, 0.6) is 0 Å². The molecule has 1 heterocycles. The molecule has 0 fully saturated rings. The molecular weight excluding hydrogens is 220 g/mol. The maximum absolute atomic E-state index is 11.3. The number of amides is 1. The third kappa shape index (κ3) is 1.79. The SMILES string of the molecule is Cc1ccc(-c2csc(N)c2C(N)=O)cc1. The van der Waals surface area contributed by atoms with E-state index in [1.54, 1.807) is 0 Å². The molecule has 2 aromatic rings. The second-order valence-corrected chi connectivity index (χ2v) is 4.53. The van der Waals surface area contributed by atoms with E-state index in [-0.39, 0.29) is 0 Å². The normalized spacial score (nSPS) is 10.3. The Labute approximate surface area is 97.7 Å². The van der Waals surface area contributed by atoms with E-state index in [2.05, 4.69) is 0 Å². The lowest BCUT2D eigenvalue weighted by molar-refractivity contribution is 0.100. The van der Waals surface area contributed by atoms with Crippen molar-refractivity contribution in [3.05, 3.63) is 40.8 Å². The zero-order chi connectivity index (χ0) is 11.7. The minimum Gasteiger partial charge on any atom is -0.390 e. The highest BCUT2D eigenvalue weighted by Crippen LogP contribution is 2.33. The lowest BCUT2D eigenvalue weighted by Crippen LogP contribution is -2.12. The first kappa shape index (κ1) is 10.7. The fourth-order valence-corrected chi connectivity index (χ4v) is 2.40. The van der Waals surface area contributed by atoms with Gasteiger partial charge in [-0.25, -0.2) is 0 Å². The lowest BCUT2D eigenvalue weighted by Gasteiger charge is -2.02. The fraction of sp³-hybridized carbons (Fsp3) is 0.0833. The first-order valence-corrected chi connectivity index (χ1v) is 5.71. The third-order valence-electron chi connectivity index (χ3n) is 2.43. The molecule has 0 saturated carbocycles. The first-order chi connectivity index (χ1) is 7.59.